The smallest absolute Gasteiger partial charge is 0.146 e. The Morgan fingerprint density at radius 3 is 2.20 bits per heavy atom. The third-order valence-electron chi connectivity index (χ3n) is 2.04. The molecule has 0 amide bonds. The van der Waals surface area contributed by atoms with Crippen LogP contribution in [0.1, 0.15) is 13.8 Å². The summed E-state index contributed by atoms with van der Waals surface area (Å²) in [7, 11) is 0. The Kier molecular flexibility index (Phi) is 2.11. The second kappa shape index (κ2) is 2.72. The quantitative estimate of drug-likeness (QED) is 0.517. The van der Waals surface area contributed by atoms with Crippen LogP contribution in [-0.2, 0) is 9.47 Å². The van der Waals surface area contributed by atoms with Crippen LogP contribution in [0.5, 0.6) is 0 Å². The van der Waals surface area contributed by atoms with Gasteiger partial charge in [-0.15, -0.1) is 0 Å². The average molecular weight is 142 g/mol. The van der Waals surface area contributed by atoms with E-state index in [0.29, 0.717) is 6.79 Å². The van der Waals surface area contributed by atoms with E-state index in [1.807, 2.05) is 6.92 Å². The van der Waals surface area contributed by atoms with Crippen LogP contribution in [0.2, 0.25) is 0 Å². The van der Waals surface area contributed by atoms with E-state index in [9.17, 15) is 0 Å². The van der Waals surface area contributed by atoms with Crippen molar-refractivity contribution in [2.45, 2.75) is 13.8 Å². The van der Waals surface area contributed by atoms with Crippen LogP contribution in [0.4, 0.5) is 0 Å². The Labute approximate surface area is 61.8 Å². The Hall–Kier alpha value is -0.340. The van der Waals surface area contributed by atoms with Gasteiger partial charge in [-0.05, 0) is 6.92 Å². The van der Waals surface area contributed by atoms with Crippen molar-refractivity contribution in [2.75, 3.05) is 20.0 Å². The van der Waals surface area contributed by atoms with Crippen LogP contribution in [0.15, 0.2) is 12.2 Å². The van der Waals surface area contributed by atoms with Crippen LogP contribution < -0.4 is 0 Å². The number of hydrogen-bond acceptors (Lipinski definition) is 2. The number of ether oxygens (including phenoxy) is 2. The molecule has 1 aliphatic heterocycles. The van der Waals surface area contributed by atoms with Crippen molar-refractivity contribution in [3.05, 3.63) is 12.2 Å². The van der Waals surface area contributed by atoms with Gasteiger partial charge in [0.05, 0.1) is 13.2 Å². The molecule has 0 aromatic carbocycles. The third kappa shape index (κ3) is 1.39. The molecule has 0 bridgehead atoms. The zero-order valence-electron chi connectivity index (χ0n) is 6.64. The van der Waals surface area contributed by atoms with Crippen LogP contribution in [0, 0.1) is 5.41 Å². The van der Waals surface area contributed by atoms with Gasteiger partial charge in [0.1, 0.15) is 6.79 Å². The van der Waals surface area contributed by atoms with Crippen LogP contribution in [-0.4, -0.2) is 20.0 Å². The van der Waals surface area contributed by atoms with Gasteiger partial charge in [-0.25, -0.2) is 0 Å². The second-order valence-electron chi connectivity index (χ2n) is 3.16. The van der Waals surface area contributed by atoms with Crippen LogP contribution in [0.3, 0.4) is 0 Å². The van der Waals surface area contributed by atoms with E-state index >= 15 is 0 Å². The largest absolute Gasteiger partial charge is 0.354 e. The monoisotopic (exact) mass is 142 g/mol. The second-order valence-corrected chi connectivity index (χ2v) is 3.16. The molecular weight excluding hydrogens is 128 g/mol. The molecule has 0 aromatic heterocycles. The van der Waals surface area contributed by atoms with Gasteiger partial charge >= 0.3 is 0 Å². The summed E-state index contributed by atoms with van der Waals surface area (Å²) in [6, 6.07) is 0. The van der Waals surface area contributed by atoms with Gasteiger partial charge in [0, 0.05) is 5.41 Å². The minimum atomic E-state index is 0.0399. The SMILES string of the molecule is C=C(C)C1(C)COCOC1. The van der Waals surface area contributed by atoms with Crippen molar-refractivity contribution in [1.82, 2.24) is 0 Å². The van der Waals surface area contributed by atoms with Gasteiger partial charge in [-0.1, -0.05) is 19.1 Å². The van der Waals surface area contributed by atoms with Crippen molar-refractivity contribution in [3.63, 3.8) is 0 Å². The lowest BCUT2D eigenvalue weighted by molar-refractivity contribution is -0.147. The van der Waals surface area contributed by atoms with Crippen molar-refractivity contribution < 1.29 is 9.47 Å². The molecule has 1 heterocycles. The molecule has 1 aliphatic rings. The average Bonchev–Trinajstić information content (AvgIpc) is 1.89. The lowest BCUT2D eigenvalue weighted by Crippen LogP contribution is -2.35. The molecule has 0 atom stereocenters. The highest BCUT2D eigenvalue weighted by Gasteiger charge is 2.28. The maximum absolute atomic E-state index is 5.16. The molecule has 10 heavy (non-hydrogen) atoms. The van der Waals surface area contributed by atoms with Crippen molar-refractivity contribution in [3.8, 4) is 0 Å². The van der Waals surface area contributed by atoms with E-state index in [1.54, 1.807) is 0 Å². The van der Waals surface area contributed by atoms with Crippen molar-refractivity contribution >= 4 is 0 Å². The molecule has 0 spiro atoms. The molecule has 0 aromatic rings. The van der Waals surface area contributed by atoms with E-state index in [-0.39, 0.29) is 5.41 Å². The van der Waals surface area contributed by atoms with E-state index in [1.165, 1.54) is 0 Å². The molecule has 2 nitrogen and oxygen atoms in total. The lowest BCUT2D eigenvalue weighted by Gasteiger charge is -2.33. The van der Waals surface area contributed by atoms with Gasteiger partial charge < -0.3 is 9.47 Å². The summed E-state index contributed by atoms with van der Waals surface area (Å²) in [6.07, 6.45) is 0. The zero-order chi connectivity index (χ0) is 7.61. The minimum absolute atomic E-state index is 0.0399. The molecule has 0 radical (unpaired) electrons. The topological polar surface area (TPSA) is 18.5 Å². The van der Waals surface area contributed by atoms with E-state index in [2.05, 4.69) is 13.5 Å². The van der Waals surface area contributed by atoms with Crippen LogP contribution in [0.25, 0.3) is 0 Å². The fourth-order valence-corrected chi connectivity index (χ4v) is 0.881. The molecule has 0 N–H and O–H groups in total. The standard InChI is InChI=1S/C8H14O2/c1-7(2)8(3)4-9-6-10-5-8/h1,4-6H2,2-3H3. The fourth-order valence-electron chi connectivity index (χ4n) is 0.881. The van der Waals surface area contributed by atoms with E-state index < -0.39 is 0 Å². The first-order valence-corrected chi connectivity index (χ1v) is 3.47. The van der Waals surface area contributed by atoms with E-state index in [0.717, 1.165) is 18.8 Å². The van der Waals surface area contributed by atoms with Gasteiger partial charge in [0.2, 0.25) is 0 Å². The maximum Gasteiger partial charge on any atom is 0.146 e. The predicted octanol–water partition coefficient (Wildman–Crippen LogP) is 1.57. The zero-order valence-corrected chi connectivity index (χ0v) is 6.64. The molecule has 58 valence electrons. The molecule has 0 aliphatic carbocycles. The predicted molar refractivity (Wildman–Crippen MR) is 39.7 cm³/mol. The summed E-state index contributed by atoms with van der Waals surface area (Å²) in [5.74, 6) is 0. The summed E-state index contributed by atoms with van der Waals surface area (Å²) in [4.78, 5) is 0. The van der Waals surface area contributed by atoms with Gasteiger partial charge in [0.25, 0.3) is 0 Å². The Bertz CT molecular complexity index is 134. The number of rotatable bonds is 1. The third-order valence-corrected chi connectivity index (χ3v) is 2.04. The van der Waals surface area contributed by atoms with E-state index in [4.69, 9.17) is 9.47 Å². The molecule has 1 saturated heterocycles. The Morgan fingerprint density at radius 1 is 1.40 bits per heavy atom. The molecular formula is C8H14O2. The first-order chi connectivity index (χ1) is 4.65. The summed E-state index contributed by atoms with van der Waals surface area (Å²) < 4.78 is 10.3. The summed E-state index contributed by atoms with van der Waals surface area (Å²) >= 11 is 0. The van der Waals surface area contributed by atoms with Gasteiger partial charge in [-0.3, -0.25) is 0 Å². The Morgan fingerprint density at radius 2 is 1.90 bits per heavy atom. The number of hydrogen-bond donors (Lipinski definition) is 0. The maximum atomic E-state index is 5.16. The van der Waals surface area contributed by atoms with Gasteiger partial charge in [0.15, 0.2) is 0 Å². The molecule has 0 saturated carbocycles. The summed E-state index contributed by atoms with van der Waals surface area (Å²) in [5, 5.41) is 0. The lowest BCUT2D eigenvalue weighted by atomic mass is 9.85. The highest BCUT2D eigenvalue weighted by atomic mass is 16.7. The first-order valence-electron chi connectivity index (χ1n) is 3.47. The molecule has 1 fully saturated rings. The fraction of sp³-hybridized carbons (Fsp3) is 0.750. The molecule has 2 heteroatoms. The first kappa shape index (κ1) is 7.76. The Balaban J connectivity index is 2.56. The van der Waals surface area contributed by atoms with Crippen molar-refractivity contribution in [1.29, 1.82) is 0 Å². The normalized spacial score (nSPS) is 24.2. The molecule has 0 unspecified atom stereocenters. The highest BCUT2D eigenvalue weighted by molar-refractivity contribution is 5.06. The van der Waals surface area contributed by atoms with Crippen molar-refractivity contribution in [2.24, 2.45) is 5.41 Å². The summed E-state index contributed by atoms with van der Waals surface area (Å²) in [6.45, 7) is 9.92. The van der Waals surface area contributed by atoms with Gasteiger partial charge in [-0.2, -0.15) is 0 Å². The highest BCUT2D eigenvalue weighted by Crippen LogP contribution is 2.28. The minimum Gasteiger partial charge on any atom is -0.354 e. The summed E-state index contributed by atoms with van der Waals surface area (Å²) in [5.41, 5.74) is 1.17. The molecule has 1 rings (SSSR count). The van der Waals surface area contributed by atoms with Crippen LogP contribution >= 0.6 is 0 Å².